The molecule has 0 aliphatic rings. The Morgan fingerprint density at radius 1 is 0.397 bits per heavy atom. The molecule has 0 heterocycles. The number of hydrogen-bond donors (Lipinski definition) is 15. The third kappa shape index (κ3) is 35.3. The average molecular weight is 1110 g/mol. The molecule has 454 valence electrons. The molecule has 23 N–H and O–H groups in total. The number of hydrogen-bond acceptors (Lipinski definition) is 17. The molecule has 0 aliphatic carbocycles. The van der Waals surface area contributed by atoms with Gasteiger partial charge in [0.2, 0.25) is 41.4 Å². The van der Waals surface area contributed by atoms with Crippen LogP contribution >= 0.6 is 0 Å². The molecule has 0 aliphatic heterocycles. The second kappa shape index (κ2) is 47.4. The monoisotopic (exact) mass is 1110 g/mol. The van der Waals surface area contributed by atoms with E-state index < -0.39 is 71.8 Å². The first kappa shape index (κ1) is 73.6. The largest absolute Gasteiger partial charge is 0.378 e. The van der Waals surface area contributed by atoms with Crippen molar-refractivity contribution in [2.75, 3.05) is 78.8 Å². The molecule has 0 saturated heterocycles. The number of nitrogens with two attached hydrogens (primary N) is 8. The van der Waals surface area contributed by atoms with Gasteiger partial charge in [-0.05, 0) is 148 Å². The Labute approximate surface area is 466 Å². The second-order valence-corrected chi connectivity index (χ2v) is 20.3. The molecule has 78 heavy (non-hydrogen) atoms. The molecular weight excluding hydrogens is 1000 g/mol. The molecule has 0 rings (SSSR count). The minimum Gasteiger partial charge on any atom is -0.378 e. The Kier molecular flexibility index (Phi) is 44.8. The van der Waals surface area contributed by atoms with E-state index in [0.717, 1.165) is 38.5 Å². The van der Waals surface area contributed by atoms with Crippen molar-refractivity contribution in [1.82, 2.24) is 37.2 Å². The lowest BCUT2D eigenvalue weighted by molar-refractivity contribution is -0.132. The first-order valence-electron chi connectivity index (χ1n) is 29.1. The highest BCUT2D eigenvalue weighted by molar-refractivity contribution is 5.93. The Balaban J connectivity index is 6.05. The number of nitrogens with one attached hydrogen (secondary N) is 7. The quantitative estimate of drug-likeness (QED) is 0.0264. The van der Waals surface area contributed by atoms with Gasteiger partial charge in [-0.3, -0.25) is 33.6 Å². The topological polar surface area (TPSA) is 430 Å². The zero-order valence-corrected chi connectivity index (χ0v) is 47.9. The van der Waals surface area contributed by atoms with Crippen molar-refractivity contribution in [1.29, 1.82) is 0 Å². The fourth-order valence-corrected chi connectivity index (χ4v) is 8.30. The Hall–Kier alpha value is -4.37. The lowest BCUT2D eigenvalue weighted by atomic mass is 9.83. The number of amides is 7. The van der Waals surface area contributed by atoms with Crippen LogP contribution < -0.4 is 83.1 Å². The van der Waals surface area contributed by atoms with Crippen LogP contribution in [0.4, 0.5) is 0 Å². The van der Waals surface area contributed by atoms with Crippen LogP contribution in [0.1, 0.15) is 162 Å². The van der Waals surface area contributed by atoms with E-state index in [9.17, 15) is 33.6 Å². The Bertz CT molecular complexity index is 1650. The molecule has 0 aromatic rings. The first-order chi connectivity index (χ1) is 37.5. The SMILES string of the molecule is C=CC(CC)(CC)COCCOCCNC(=O)C(CCCCNC(=O)C(CCCCNC(=O)C(N)CCCCN)NC(=O)C(N)CCCCN)NC(=O)C(CCCCNC(=O)C(N)CCCCN)NC(=O)C(N)CCCCN. The summed E-state index contributed by atoms with van der Waals surface area (Å²) < 4.78 is 11.6. The maximum absolute atomic E-state index is 14.1. The highest BCUT2D eigenvalue weighted by atomic mass is 16.5. The van der Waals surface area contributed by atoms with E-state index in [2.05, 4.69) is 57.6 Å². The molecule has 24 heteroatoms. The highest BCUT2D eigenvalue weighted by Gasteiger charge is 2.29. The molecule has 0 aromatic carbocycles. The van der Waals surface area contributed by atoms with E-state index in [1.165, 1.54) is 0 Å². The summed E-state index contributed by atoms with van der Waals surface area (Å²) in [6, 6.07) is -6.05. The van der Waals surface area contributed by atoms with Crippen molar-refractivity contribution in [3.8, 4) is 0 Å². The molecular formula is C54H109N15O9. The maximum Gasteiger partial charge on any atom is 0.243 e. The van der Waals surface area contributed by atoms with E-state index in [0.29, 0.717) is 149 Å². The van der Waals surface area contributed by atoms with Gasteiger partial charge in [0, 0.05) is 31.6 Å². The fraction of sp³-hybridized carbons (Fsp3) is 0.833. The number of unbranched alkanes of at least 4 members (excludes halogenated alkanes) is 7. The third-order valence-corrected chi connectivity index (χ3v) is 13.9. The summed E-state index contributed by atoms with van der Waals surface area (Å²) in [4.78, 5) is 93.1. The molecule has 0 spiro atoms. The van der Waals surface area contributed by atoms with Crippen LogP contribution in [-0.2, 0) is 43.0 Å². The highest BCUT2D eigenvalue weighted by Crippen LogP contribution is 2.27. The van der Waals surface area contributed by atoms with Crippen LogP contribution in [0.3, 0.4) is 0 Å². The molecule has 0 aromatic heterocycles. The van der Waals surface area contributed by atoms with Gasteiger partial charge >= 0.3 is 0 Å². The lowest BCUT2D eigenvalue weighted by Gasteiger charge is -2.27. The molecule has 7 unspecified atom stereocenters. The summed E-state index contributed by atoms with van der Waals surface area (Å²) in [5.74, 6) is -3.01. The summed E-state index contributed by atoms with van der Waals surface area (Å²) in [5.41, 5.74) is 46.7. The van der Waals surface area contributed by atoms with Gasteiger partial charge in [-0.15, -0.1) is 6.58 Å². The van der Waals surface area contributed by atoms with E-state index in [4.69, 9.17) is 55.3 Å². The molecule has 0 saturated carbocycles. The van der Waals surface area contributed by atoms with Crippen LogP contribution in [0, 0.1) is 5.41 Å². The number of ether oxygens (including phenoxy) is 2. The van der Waals surface area contributed by atoms with Gasteiger partial charge in [-0.1, -0.05) is 45.6 Å². The van der Waals surface area contributed by atoms with Gasteiger partial charge in [0.1, 0.15) is 18.1 Å². The van der Waals surface area contributed by atoms with E-state index >= 15 is 0 Å². The Morgan fingerprint density at radius 3 is 1.06 bits per heavy atom. The lowest BCUT2D eigenvalue weighted by Crippen LogP contribution is -2.56. The van der Waals surface area contributed by atoms with E-state index in [-0.39, 0.29) is 56.2 Å². The van der Waals surface area contributed by atoms with Gasteiger partial charge in [-0.25, -0.2) is 0 Å². The van der Waals surface area contributed by atoms with Crippen LogP contribution in [-0.4, -0.2) is 162 Å². The average Bonchev–Trinajstić information content (AvgIpc) is 3.43. The number of carbonyl (C=O) groups is 7. The van der Waals surface area contributed by atoms with Crippen molar-refractivity contribution in [3.05, 3.63) is 12.7 Å². The van der Waals surface area contributed by atoms with Crippen LogP contribution in [0.15, 0.2) is 12.7 Å². The summed E-state index contributed by atoms with van der Waals surface area (Å²) in [6.07, 6.45) is 14.5. The smallest absolute Gasteiger partial charge is 0.243 e. The standard InChI is InChI=1S/C54H109N15O9/c1-4-54(5-2,6-3)39-78-38-37-77-36-35-66-52(75)45(69-53(76)46(68-50(73)43(62)24-10-17-31-58)27-13-19-33-64-48(71)41(60)22-8-15-29-56)26-12-20-34-65-51(74)44(67-49(72)42(61)23-9-16-30-57)25-11-18-32-63-47(70)40(59)21-7-14-28-55/h4,40-46H,1,5-39,55-62H2,2-3H3,(H,63,70)(H,64,71)(H,65,74)(H,66,75)(H,67,72)(H,68,73)(H,69,76). The van der Waals surface area contributed by atoms with Crippen molar-refractivity contribution in [2.45, 2.75) is 204 Å². The van der Waals surface area contributed by atoms with Gasteiger partial charge in [0.25, 0.3) is 0 Å². The van der Waals surface area contributed by atoms with Crippen LogP contribution in [0.25, 0.3) is 0 Å². The molecule has 7 atom stereocenters. The van der Waals surface area contributed by atoms with Crippen molar-refractivity contribution in [2.24, 2.45) is 51.3 Å². The normalized spacial score (nSPS) is 14.2. The summed E-state index contributed by atoms with van der Waals surface area (Å²) in [6.45, 7) is 12.4. The third-order valence-electron chi connectivity index (χ3n) is 13.9. The zero-order chi connectivity index (χ0) is 58.4. The molecule has 7 amide bonds. The minimum absolute atomic E-state index is 0.102. The summed E-state index contributed by atoms with van der Waals surface area (Å²) in [7, 11) is 0. The first-order valence-corrected chi connectivity index (χ1v) is 29.1. The molecule has 0 fully saturated rings. The second-order valence-electron chi connectivity index (χ2n) is 20.3. The maximum atomic E-state index is 14.1. The van der Waals surface area contributed by atoms with Crippen LogP contribution in [0.2, 0.25) is 0 Å². The van der Waals surface area contributed by atoms with Crippen molar-refractivity contribution in [3.63, 3.8) is 0 Å². The predicted octanol–water partition coefficient (Wildman–Crippen LogP) is -0.733. The predicted molar refractivity (Wildman–Crippen MR) is 308 cm³/mol. The minimum atomic E-state index is -1.06. The summed E-state index contributed by atoms with van der Waals surface area (Å²) >= 11 is 0. The number of carbonyl (C=O) groups excluding carboxylic acids is 7. The fourth-order valence-electron chi connectivity index (χ4n) is 8.30. The van der Waals surface area contributed by atoms with E-state index in [1.807, 2.05) is 6.08 Å². The summed E-state index contributed by atoms with van der Waals surface area (Å²) in [5, 5.41) is 19.9. The van der Waals surface area contributed by atoms with Gasteiger partial charge in [-0.2, -0.15) is 0 Å². The van der Waals surface area contributed by atoms with Crippen molar-refractivity contribution >= 4 is 41.4 Å². The van der Waals surface area contributed by atoms with E-state index in [1.54, 1.807) is 0 Å². The van der Waals surface area contributed by atoms with Gasteiger partial charge in [0.15, 0.2) is 0 Å². The van der Waals surface area contributed by atoms with Crippen LogP contribution in [0.5, 0.6) is 0 Å². The Morgan fingerprint density at radius 2 is 0.705 bits per heavy atom. The zero-order valence-electron chi connectivity index (χ0n) is 47.9. The number of rotatable bonds is 52. The van der Waals surface area contributed by atoms with Gasteiger partial charge < -0.3 is 92.6 Å². The molecule has 0 bridgehead atoms. The van der Waals surface area contributed by atoms with Gasteiger partial charge in [0.05, 0.1) is 50.6 Å². The molecule has 0 radical (unpaired) electrons. The van der Waals surface area contributed by atoms with Crippen molar-refractivity contribution < 1.29 is 43.0 Å². The molecule has 24 nitrogen and oxygen atoms in total.